The molecule has 1 nitrogen and oxygen atoms in total. The van der Waals surface area contributed by atoms with E-state index in [0.717, 1.165) is 23.3 Å². The number of aryl methyl sites for hydroxylation is 1. The molecule has 0 aromatic heterocycles. The first-order chi connectivity index (χ1) is 9.58. The van der Waals surface area contributed by atoms with Crippen LogP contribution in [0.1, 0.15) is 21.5 Å². The van der Waals surface area contributed by atoms with Gasteiger partial charge in [-0.3, -0.25) is 4.79 Å². The predicted octanol–water partition coefficient (Wildman–Crippen LogP) is 4.39. The second kappa shape index (κ2) is 6.66. The average Bonchev–Trinajstić information content (AvgIpc) is 2.38. The molecule has 20 heavy (non-hydrogen) atoms. The number of benzene rings is 2. The maximum Gasteiger partial charge on any atom is 0.178 e. The highest BCUT2D eigenvalue weighted by Crippen LogP contribution is 2.18. The first-order valence-corrected chi connectivity index (χ1v) is 7.34. The van der Waals surface area contributed by atoms with Crippen molar-refractivity contribution in [3.63, 3.8) is 0 Å². The van der Waals surface area contributed by atoms with E-state index in [1.807, 2.05) is 31.2 Å². The van der Waals surface area contributed by atoms with E-state index in [4.69, 9.17) is 0 Å². The van der Waals surface area contributed by atoms with E-state index < -0.39 is 23.0 Å². The van der Waals surface area contributed by atoms with Crippen molar-refractivity contribution in [2.75, 3.05) is 5.75 Å². The normalized spacial score (nSPS) is 10.6. The zero-order valence-corrected chi connectivity index (χ0v) is 11.8. The van der Waals surface area contributed by atoms with Gasteiger partial charge in [-0.25, -0.2) is 8.78 Å². The fraction of sp³-hybridized carbons (Fsp3) is 0.188. The third-order valence-electron chi connectivity index (χ3n) is 2.83. The third-order valence-corrected chi connectivity index (χ3v) is 3.83. The summed E-state index contributed by atoms with van der Waals surface area (Å²) in [5, 5.41) is 0. The Bertz CT molecular complexity index is 605. The smallest absolute Gasteiger partial charge is 0.178 e. The summed E-state index contributed by atoms with van der Waals surface area (Å²) in [5.74, 6) is -1.41. The Labute approximate surface area is 121 Å². The standard InChI is InChI=1S/C16H14F2OS/c1-11-4-2-5-12(8-11)9-20-10-15(19)16-13(17)6-3-7-14(16)18/h2-8H,9-10H2,1H3. The molecule has 104 valence electrons. The van der Waals surface area contributed by atoms with Gasteiger partial charge in [0.05, 0.1) is 11.3 Å². The van der Waals surface area contributed by atoms with E-state index in [-0.39, 0.29) is 5.75 Å². The van der Waals surface area contributed by atoms with Crippen molar-refractivity contribution in [1.29, 1.82) is 0 Å². The average molecular weight is 292 g/mol. The highest BCUT2D eigenvalue weighted by atomic mass is 32.2. The van der Waals surface area contributed by atoms with Crippen LogP contribution in [0.15, 0.2) is 42.5 Å². The maximum absolute atomic E-state index is 13.4. The summed E-state index contributed by atoms with van der Waals surface area (Å²) in [7, 11) is 0. The van der Waals surface area contributed by atoms with Crippen molar-refractivity contribution in [2.45, 2.75) is 12.7 Å². The minimum Gasteiger partial charge on any atom is -0.293 e. The molecule has 0 heterocycles. The molecule has 4 heteroatoms. The van der Waals surface area contributed by atoms with Gasteiger partial charge in [0.1, 0.15) is 11.6 Å². The number of carbonyl (C=O) groups excluding carboxylic acids is 1. The van der Waals surface area contributed by atoms with Crippen molar-refractivity contribution in [3.05, 3.63) is 70.8 Å². The molecule has 0 aliphatic carbocycles. The van der Waals surface area contributed by atoms with Crippen LogP contribution < -0.4 is 0 Å². The van der Waals surface area contributed by atoms with Gasteiger partial charge in [-0.05, 0) is 24.6 Å². The Kier molecular flexibility index (Phi) is 4.90. The van der Waals surface area contributed by atoms with Crippen molar-refractivity contribution >= 4 is 17.5 Å². The van der Waals surface area contributed by atoms with Gasteiger partial charge in [-0.15, -0.1) is 11.8 Å². The van der Waals surface area contributed by atoms with E-state index in [1.54, 1.807) is 0 Å². The number of hydrogen-bond acceptors (Lipinski definition) is 2. The first-order valence-electron chi connectivity index (χ1n) is 6.18. The van der Waals surface area contributed by atoms with Crippen LogP contribution in [0.3, 0.4) is 0 Å². The molecule has 0 saturated carbocycles. The van der Waals surface area contributed by atoms with Gasteiger partial charge in [0, 0.05) is 5.75 Å². The Morgan fingerprint density at radius 2 is 1.75 bits per heavy atom. The van der Waals surface area contributed by atoms with Gasteiger partial charge in [0.2, 0.25) is 0 Å². The zero-order valence-electron chi connectivity index (χ0n) is 11.0. The molecule has 0 aliphatic rings. The Hall–Kier alpha value is -1.68. The number of halogens is 2. The lowest BCUT2D eigenvalue weighted by Gasteiger charge is -2.05. The molecule has 0 spiro atoms. The molecular weight excluding hydrogens is 278 g/mol. The van der Waals surface area contributed by atoms with Gasteiger partial charge in [-0.1, -0.05) is 35.9 Å². The first kappa shape index (κ1) is 14.7. The van der Waals surface area contributed by atoms with Crippen LogP contribution in [-0.4, -0.2) is 11.5 Å². The fourth-order valence-electron chi connectivity index (χ4n) is 1.90. The van der Waals surface area contributed by atoms with E-state index in [0.29, 0.717) is 5.75 Å². The monoisotopic (exact) mass is 292 g/mol. The fourth-order valence-corrected chi connectivity index (χ4v) is 2.75. The second-order valence-electron chi connectivity index (χ2n) is 4.50. The van der Waals surface area contributed by atoms with Crippen molar-refractivity contribution in [1.82, 2.24) is 0 Å². The van der Waals surface area contributed by atoms with E-state index in [1.165, 1.54) is 17.8 Å². The molecule has 2 aromatic carbocycles. The van der Waals surface area contributed by atoms with E-state index >= 15 is 0 Å². The molecule has 0 fully saturated rings. The quantitative estimate of drug-likeness (QED) is 0.760. The molecule has 2 aromatic rings. The van der Waals surface area contributed by atoms with Crippen LogP contribution in [0, 0.1) is 18.6 Å². The summed E-state index contributed by atoms with van der Waals surface area (Å²) >= 11 is 1.35. The van der Waals surface area contributed by atoms with E-state index in [9.17, 15) is 13.6 Å². The van der Waals surface area contributed by atoms with Gasteiger partial charge in [-0.2, -0.15) is 0 Å². The maximum atomic E-state index is 13.4. The number of rotatable bonds is 5. The molecule has 0 amide bonds. The number of hydrogen-bond donors (Lipinski definition) is 0. The molecule has 0 radical (unpaired) electrons. The highest BCUT2D eigenvalue weighted by Gasteiger charge is 2.16. The summed E-state index contributed by atoms with van der Waals surface area (Å²) in [6.45, 7) is 1.99. The number of ketones is 1. The summed E-state index contributed by atoms with van der Waals surface area (Å²) in [5.41, 5.74) is 1.80. The summed E-state index contributed by atoms with van der Waals surface area (Å²) < 4.78 is 26.9. The molecular formula is C16H14F2OS. The molecule has 0 unspecified atom stereocenters. The predicted molar refractivity (Wildman–Crippen MR) is 78.0 cm³/mol. The lowest BCUT2D eigenvalue weighted by atomic mass is 10.1. The van der Waals surface area contributed by atoms with Gasteiger partial charge in [0.15, 0.2) is 5.78 Å². The minimum absolute atomic E-state index is 0.0613. The number of thioether (sulfide) groups is 1. The van der Waals surface area contributed by atoms with E-state index in [2.05, 4.69) is 0 Å². The molecule has 0 bridgehead atoms. The number of carbonyl (C=O) groups is 1. The lowest BCUT2D eigenvalue weighted by molar-refractivity contribution is 0.101. The largest absolute Gasteiger partial charge is 0.293 e. The molecule has 0 atom stereocenters. The Balaban J connectivity index is 1.96. The van der Waals surface area contributed by atoms with Crippen LogP contribution in [0.2, 0.25) is 0 Å². The van der Waals surface area contributed by atoms with Gasteiger partial charge in [0.25, 0.3) is 0 Å². The third kappa shape index (κ3) is 3.67. The molecule has 2 rings (SSSR count). The Morgan fingerprint density at radius 1 is 1.10 bits per heavy atom. The molecule has 0 aliphatic heterocycles. The summed E-state index contributed by atoms with van der Waals surface area (Å²) in [6.07, 6.45) is 0. The summed E-state index contributed by atoms with van der Waals surface area (Å²) in [4.78, 5) is 11.8. The topological polar surface area (TPSA) is 17.1 Å². The zero-order chi connectivity index (χ0) is 14.5. The van der Waals surface area contributed by atoms with Crippen LogP contribution in [-0.2, 0) is 5.75 Å². The summed E-state index contributed by atoms with van der Waals surface area (Å²) in [6, 6.07) is 11.4. The lowest BCUT2D eigenvalue weighted by Crippen LogP contribution is -2.08. The SMILES string of the molecule is Cc1cccc(CSCC(=O)c2c(F)cccc2F)c1. The van der Waals surface area contributed by atoms with Gasteiger partial charge >= 0.3 is 0 Å². The second-order valence-corrected chi connectivity index (χ2v) is 5.49. The number of Topliss-reactive ketones (excluding diaryl/α,β-unsaturated/α-hetero) is 1. The van der Waals surface area contributed by atoms with Crippen molar-refractivity contribution in [3.8, 4) is 0 Å². The minimum atomic E-state index is -0.800. The van der Waals surface area contributed by atoms with Crippen molar-refractivity contribution < 1.29 is 13.6 Å². The van der Waals surface area contributed by atoms with Crippen LogP contribution in [0.5, 0.6) is 0 Å². The van der Waals surface area contributed by atoms with Crippen LogP contribution >= 0.6 is 11.8 Å². The van der Waals surface area contributed by atoms with Crippen LogP contribution in [0.4, 0.5) is 8.78 Å². The highest BCUT2D eigenvalue weighted by molar-refractivity contribution is 7.99. The molecule has 0 saturated heterocycles. The van der Waals surface area contributed by atoms with Crippen molar-refractivity contribution in [2.24, 2.45) is 0 Å². The van der Waals surface area contributed by atoms with Gasteiger partial charge < -0.3 is 0 Å². The molecule has 0 N–H and O–H groups in total. The van der Waals surface area contributed by atoms with Crippen LogP contribution in [0.25, 0.3) is 0 Å². The Morgan fingerprint density at radius 3 is 2.40 bits per heavy atom.